The molecule has 4 heterocycles. The minimum atomic E-state index is -3.24. The number of halogens is 4. The number of pyridine rings is 1. The van der Waals surface area contributed by atoms with Crippen LogP contribution in [0.3, 0.4) is 0 Å². The second-order valence-electron chi connectivity index (χ2n) is 8.74. The van der Waals surface area contributed by atoms with Crippen molar-refractivity contribution in [1.82, 2.24) is 24.2 Å². The van der Waals surface area contributed by atoms with Gasteiger partial charge in [-0.05, 0) is 12.1 Å². The first-order valence-corrected chi connectivity index (χ1v) is 11.8. The zero-order chi connectivity index (χ0) is 27.8. The molecule has 1 N–H and O–H groups in total. The van der Waals surface area contributed by atoms with Crippen molar-refractivity contribution >= 4 is 23.4 Å². The molecule has 1 atom stereocenters. The van der Waals surface area contributed by atoms with Crippen molar-refractivity contribution < 1.29 is 31.9 Å². The summed E-state index contributed by atoms with van der Waals surface area (Å²) in [5, 5.41) is 1.92. The Labute approximate surface area is 216 Å². The number of benzene rings is 1. The van der Waals surface area contributed by atoms with E-state index < -0.39 is 59.8 Å². The fourth-order valence-electron chi connectivity index (χ4n) is 4.54. The molecular formula is C23H21F4N7O5. The molecule has 16 heteroatoms. The summed E-state index contributed by atoms with van der Waals surface area (Å²) in [5.41, 5.74) is -1.85. The average Bonchev–Trinajstić information content (AvgIpc) is 3.28. The van der Waals surface area contributed by atoms with Crippen LogP contribution in [-0.2, 0) is 22.6 Å². The van der Waals surface area contributed by atoms with Gasteiger partial charge in [0, 0.05) is 31.4 Å². The summed E-state index contributed by atoms with van der Waals surface area (Å²) in [4.78, 5) is 55.4. The highest BCUT2D eigenvalue weighted by atomic mass is 19.3. The first kappa shape index (κ1) is 26.0. The summed E-state index contributed by atoms with van der Waals surface area (Å²) >= 11 is 0. The lowest BCUT2D eigenvalue weighted by Crippen LogP contribution is -2.37. The van der Waals surface area contributed by atoms with E-state index in [1.54, 1.807) is 12.1 Å². The van der Waals surface area contributed by atoms with Gasteiger partial charge in [-0.3, -0.25) is 9.69 Å². The number of rotatable bonds is 6. The molecule has 39 heavy (non-hydrogen) atoms. The lowest BCUT2D eigenvalue weighted by Gasteiger charge is -2.24. The molecule has 0 bridgehead atoms. The van der Waals surface area contributed by atoms with Crippen LogP contribution >= 0.6 is 0 Å². The molecule has 0 spiro atoms. The number of anilines is 2. The van der Waals surface area contributed by atoms with E-state index in [0.717, 1.165) is 21.6 Å². The Hall–Kier alpha value is -4.63. The van der Waals surface area contributed by atoms with E-state index in [1.807, 2.05) is 5.32 Å². The van der Waals surface area contributed by atoms with E-state index in [9.17, 15) is 28.0 Å². The smallest absolute Gasteiger partial charge is 0.414 e. The number of cyclic esters (lactones) is 1. The van der Waals surface area contributed by atoms with Gasteiger partial charge >= 0.3 is 23.9 Å². The molecule has 2 aliphatic rings. The third kappa shape index (κ3) is 4.84. The van der Waals surface area contributed by atoms with E-state index in [0.29, 0.717) is 0 Å². The molecule has 1 fully saturated rings. The number of ether oxygens (including phenoxy) is 1. The summed E-state index contributed by atoms with van der Waals surface area (Å²) < 4.78 is 63.4. The summed E-state index contributed by atoms with van der Waals surface area (Å²) in [5.74, 6) is -3.38. The number of hydrogen-bond acceptors (Lipinski definition) is 7. The minimum Gasteiger partial charge on any atom is -0.442 e. The molecule has 0 aliphatic carbocycles. The Kier molecular flexibility index (Phi) is 6.84. The highest BCUT2D eigenvalue weighted by Gasteiger charge is 2.34. The van der Waals surface area contributed by atoms with E-state index >= 15 is 8.78 Å². The van der Waals surface area contributed by atoms with Crippen molar-refractivity contribution in [3.05, 3.63) is 69.1 Å². The van der Waals surface area contributed by atoms with Crippen LogP contribution in [0.25, 0.3) is 5.82 Å². The number of nitrogens with zero attached hydrogens (tertiary/aromatic N) is 6. The number of hydrogen-bond donors (Lipinski definition) is 1. The van der Waals surface area contributed by atoms with Gasteiger partial charge in [0.15, 0.2) is 11.6 Å². The zero-order valence-corrected chi connectivity index (χ0v) is 20.1. The van der Waals surface area contributed by atoms with E-state index in [1.165, 1.54) is 26.5 Å². The van der Waals surface area contributed by atoms with Crippen molar-refractivity contribution in [3.63, 3.8) is 0 Å². The van der Waals surface area contributed by atoms with Crippen LogP contribution in [0.4, 0.5) is 33.7 Å². The van der Waals surface area contributed by atoms with Gasteiger partial charge in [-0.2, -0.15) is 13.3 Å². The first-order valence-electron chi connectivity index (χ1n) is 11.8. The normalized spacial score (nSPS) is 17.3. The predicted octanol–water partition coefficient (Wildman–Crippen LogP) is 0.701. The summed E-state index contributed by atoms with van der Waals surface area (Å²) in [6, 6.07) is 6.63. The second-order valence-corrected chi connectivity index (χ2v) is 8.74. The molecule has 1 aromatic carbocycles. The van der Waals surface area contributed by atoms with E-state index in [4.69, 9.17) is 4.74 Å². The SMILES string of the molecule is O=C(NC[C@H]1CN(c2cc(F)c(N3CCn4c(=O)n(-c5ccccn5)c(=O)n4CC3)c(F)c2)C(=O)O1)C(F)F. The number of amides is 2. The molecule has 0 unspecified atom stereocenters. The molecule has 2 aromatic heterocycles. The number of carbonyl (C=O) groups is 2. The number of nitrogens with one attached hydrogen (secondary N) is 1. The van der Waals surface area contributed by atoms with Crippen molar-refractivity contribution in [3.8, 4) is 5.82 Å². The molecule has 2 amide bonds. The predicted molar refractivity (Wildman–Crippen MR) is 127 cm³/mol. The lowest BCUT2D eigenvalue weighted by atomic mass is 10.2. The highest BCUT2D eigenvalue weighted by molar-refractivity contribution is 5.90. The van der Waals surface area contributed by atoms with E-state index in [-0.39, 0.29) is 44.2 Å². The van der Waals surface area contributed by atoms with Crippen molar-refractivity contribution in [2.75, 3.05) is 36.0 Å². The third-order valence-corrected chi connectivity index (χ3v) is 6.36. The van der Waals surface area contributed by atoms with Crippen molar-refractivity contribution in [2.45, 2.75) is 25.6 Å². The molecule has 0 saturated carbocycles. The maximum absolute atomic E-state index is 15.2. The van der Waals surface area contributed by atoms with Crippen molar-refractivity contribution in [1.29, 1.82) is 0 Å². The molecule has 0 radical (unpaired) electrons. The molecule has 12 nitrogen and oxygen atoms in total. The van der Waals surface area contributed by atoms with Crippen LogP contribution in [0.5, 0.6) is 0 Å². The Morgan fingerprint density at radius 3 is 2.23 bits per heavy atom. The fraction of sp³-hybridized carbons (Fsp3) is 0.348. The van der Waals surface area contributed by atoms with Gasteiger partial charge in [-0.1, -0.05) is 6.07 Å². The number of fused-ring (bicyclic) bond motifs is 1. The number of carbonyl (C=O) groups excluding carboxylic acids is 2. The minimum absolute atomic E-state index is 0.00354. The largest absolute Gasteiger partial charge is 0.442 e. The van der Waals surface area contributed by atoms with Crippen LogP contribution in [0, 0.1) is 11.6 Å². The first-order chi connectivity index (χ1) is 18.7. The Morgan fingerprint density at radius 2 is 1.67 bits per heavy atom. The average molecular weight is 551 g/mol. The van der Waals surface area contributed by atoms with Crippen LogP contribution in [0.2, 0.25) is 0 Å². The van der Waals surface area contributed by atoms with Gasteiger partial charge < -0.3 is 15.0 Å². The van der Waals surface area contributed by atoms with Gasteiger partial charge in [0.1, 0.15) is 17.6 Å². The van der Waals surface area contributed by atoms with Gasteiger partial charge in [-0.15, -0.1) is 0 Å². The Morgan fingerprint density at radius 1 is 1.03 bits per heavy atom. The van der Waals surface area contributed by atoms with Gasteiger partial charge in [0.2, 0.25) is 0 Å². The number of aromatic nitrogens is 4. The third-order valence-electron chi connectivity index (χ3n) is 6.36. The van der Waals surface area contributed by atoms with Crippen LogP contribution < -0.4 is 26.5 Å². The number of alkyl halides is 2. The highest BCUT2D eigenvalue weighted by Crippen LogP contribution is 2.31. The molecular weight excluding hydrogens is 530 g/mol. The lowest BCUT2D eigenvalue weighted by molar-refractivity contribution is -0.132. The Balaban J connectivity index is 1.33. The maximum atomic E-state index is 15.2. The zero-order valence-electron chi connectivity index (χ0n) is 20.1. The monoisotopic (exact) mass is 551 g/mol. The molecule has 5 rings (SSSR count). The van der Waals surface area contributed by atoms with Crippen LogP contribution in [0.15, 0.2) is 46.1 Å². The molecule has 2 aliphatic heterocycles. The van der Waals surface area contributed by atoms with Crippen LogP contribution in [0.1, 0.15) is 0 Å². The van der Waals surface area contributed by atoms with Crippen molar-refractivity contribution in [2.24, 2.45) is 0 Å². The quantitative estimate of drug-likeness (QED) is 0.448. The fourth-order valence-corrected chi connectivity index (χ4v) is 4.54. The molecule has 1 saturated heterocycles. The molecule has 3 aromatic rings. The standard InChI is InChI=1S/C23H21F4N7O5/c24-15-9-13(31-12-14(39-23(31)38)11-29-20(35)19(26)27)10-16(25)18(15)30-5-7-32-21(36)34(17-3-1-2-4-28-17)22(37)33(32)8-6-30/h1-4,9-10,14,19H,5-8,11-12H2,(H,29,35)/t14-/m0/s1. The molecule has 206 valence electrons. The second kappa shape index (κ2) is 10.3. The van der Waals surface area contributed by atoms with E-state index in [2.05, 4.69) is 4.98 Å². The summed E-state index contributed by atoms with van der Waals surface area (Å²) in [7, 11) is 0. The summed E-state index contributed by atoms with van der Waals surface area (Å²) in [6.45, 7) is -0.722. The van der Waals surface area contributed by atoms with Gasteiger partial charge in [0.05, 0.1) is 31.9 Å². The summed E-state index contributed by atoms with van der Waals surface area (Å²) in [6.07, 6.45) is -3.76. The van der Waals surface area contributed by atoms with Gasteiger partial charge in [-0.25, -0.2) is 37.5 Å². The Bertz CT molecular complexity index is 1480. The maximum Gasteiger partial charge on any atom is 0.414 e. The van der Waals surface area contributed by atoms with Gasteiger partial charge in [0.25, 0.3) is 5.91 Å². The topological polar surface area (TPSA) is 124 Å². The van der Waals surface area contributed by atoms with Crippen LogP contribution in [-0.4, -0.2) is 69.6 Å².